The molecule has 0 aromatic carbocycles. The fourth-order valence-electron chi connectivity index (χ4n) is 0.809. The lowest BCUT2D eigenvalue weighted by atomic mass is 10.2. The first-order chi connectivity index (χ1) is 5.28. The molecule has 11 heavy (non-hydrogen) atoms. The molecule has 0 spiro atoms. The minimum Gasteiger partial charge on any atom is -0.394 e. The molecule has 0 aromatic rings. The summed E-state index contributed by atoms with van der Waals surface area (Å²) < 4.78 is 5.52. The van der Waals surface area contributed by atoms with E-state index in [9.17, 15) is 0 Å². The third-order valence-electron chi connectivity index (χ3n) is 1.70. The van der Waals surface area contributed by atoms with Crippen molar-refractivity contribution in [2.45, 2.75) is 38.9 Å². The van der Waals surface area contributed by atoms with E-state index < -0.39 is 0 Å². The van der Waals surface area contributed by atoms with E-state index in [1.54, 1.807) is 0 Å². The second-order valence-corrected chi connectivity index (χ2v) is 2.93. The van der Waals surface area contributed by atoms with Crippen LogP contribution in [0, 0.1) is 0 Å². The van der Waals surface area contributed by atoms with Gasteiger partial charge in [0.2, 0.25) is 0 Å². The van der Waals surface area contributed by atoms with Crippen molar-refractivity contribution in [3.05, 3.63) is 0 Å². The molecule has 0 saturated heterocycles. The van der Waals surface area contributed by atoms with Crippen LogP contribution < -0.4 is 0 Å². The van der Waals surface area contributed by atoms with Crippen LogP contribution in [0.4, 0.5) is 0 Å². The van der Waals surface area contributed by atoms with Crippen molar-refractivity contribution in [3.8, 4) is 0 Å². The van der Waals surface area contributed by atoms with E-state index in [4.69, 9.17) is 9.84 Å². The van der Waals surface area contributed by atoms with Crippen LogP contribution in [0.25, 0.3) is 0 Å². The Bertz CT molecular complexity index is 70.2. The first-order valence-corrected chi connectivity index (χ1v) is 4.78. The van der Waals surface area contributed by atoms with Crippen molar-refractivity contribution in [2.24, 2.45) is 0 Å². The first-order valence-electron chi connectivity index (χ1n) is 4.15. The molecule has 0 saturated carbocycles. The molecule has 3 heteroatoms. The van der Waals surface area contributed by atoms with Crippen LogP contribution in [0.3, 0.4) is 0 Å². The standard InChI is InChI=1S/C8H18O2S/c1-3-7(5-9)10-8(4-2)6-11/h7-9,11H,3-6H2,1-2H3. The van der Waals surface area contributed by atoms with E-state index in [2.05, 4.69) is 19.6 Å². The fourth-order valence-corrected chi connectivity index (χ4v) is 1.15. The number of thiol groups is 1. The highest BCUT2D eigenvalue weighted by Crippen LogP contribution is 2.06. The topological polar surface area (TPSA) is 29.5 Å². The van der Waals surface area contributed by atoms with Crippen LogP contribution in [0.1, 0.15) is 26.7 Å². The van der Waals surface area contributed by atoms with Gasteiger partial charge in [0.15, 0.2) is 0 Å². The molecule has 0 aliphatic rings. The van der Waals surface area contributed by atoms with E-state index >= 15 is 0 Å². The predicted molar refractivity (Wildman–Crippen MR) is 50.2 cm³/mol. The molecule has 2 nitrogen and oxygen atoms in total. The largest absolute Gasteiger partial charge is 0.394 e. The molecule has 68 valence electrons. The molecule has 0 fully saturated rings. The fraction of sp³-hybridized carbons (Fsp3) is 1.00. The van der Waals surface area contributed by atoms with Gasteiger partial charge in [-0.05, 0) is 12.8 Å². The Hall–Kier alpha value is 0.270. The number of hydrogen-bond acceptors (Lipinski definition) is 3. The lowest BCUT2D eigenvalue weighted by Crippen LogP contribution is -2.25. The Morgan fingerprint density at radius 1 is 1.27 bits per heavy atom. The van der Waals surface area contributed by atoms with Crippen molar-refractivity contribution in [1.29, 1.82) is 0 Å². The number of rotatable bonds is 6. The third-order valence-corrected chi connectivity index (χ3v) is 2.11. The summed E-state index contributed by atoms with van der Waals surface area (Å²) in [5.41, 5.74) is 0. The lowest BCUT2D eigenvalue weighted by Gasteiger charge is -2.19. The van der Waals surface area contributed by atoms with Gasteiger partial charge >= 0.3 is 0 Å². The average Bonchev–Trinajstić information content (AvgIpc) is 2.07. The summed E-state index contributed by atoms with van der Waals surface area (Å²) in [5.74, 6) is 0.729. The normalized spacial score (nSPS) is 16.4. The van der Waals surface area contributed by atoms with Crippen LogP contribution in [0.15, 0.2) is 0 Å². The minimum absolute atomic E-state index is 0.00731. The van der Waals surface area contributed by atoms with E-state index in [1.807, 2.05) is 6.92 Å². The molecule has 0 radical (unpaired) electrons. The van der Waals surface area contributed by atoms with Gasteiger partial charge in [-0.2, -0.15) is 12.6 Å². The molecule has 0 aliphatic carbocycles. The Balaban J connectivity index is 3.58. The summed E-state index contributed by atoms with van der Waals surface area (Å²) in [7, 11) is 0. The molecular formula is C8H18O2S. The minimum atomic E-state index is -0.00731. The highest BCUT2D eigenvalue weighted by molar-refractivity contribution is 7.80. The summed E-state index contributed by atoms with van der Waals surface area (Å²) in [4.78, 5) is 0. The Labute approximate surface area is 74.4 Å². The van der Waals surface area contributed by atoms with Gasteiger partial charge in [-0.3, -0.25) is 0 Å². The Morgan fingerprint density at radius 2 is 1.82 bits per heavy atom. The van der Waals surface area contributed by atoms with Gasteiger partial charge < -0.3 is 9.84 Å². The molecular weight excluding hydrogens is 160 g/mol. The maximum Gasteiger partial charge on any atom is 0.0807 e. The second kappa shape index (κ2) is 6.95. The smallest absolute Gasteiger partial charge is 0.0807 e. The number of aliphatic hydroxyl groups is 1. The lowest BCUT2D eigenvalue weighted by molar-refractivity contribution is -0.0313. The van der Waals surface area contributed by atoms with E-state index in [0.29, 0.717) is 0 Å². The number of ether oxygens (including phenoxy) is 1. The molecule has 0 aromatic heterocycles. The van der Waals surface area contributed by atoms with Gasteiger partial charge in [0, 0.05) is 5.75 Å². The van der Waals surface area contributed by atoms with Gasteiger partial charge in [0.1, 0.15) is 0 Å². The average molecular weight is 178 g/mol. The van der Waals surface area contributed by atoms with Crippen molar-refractivity contribution in [1.82, 2.24) is 0 Å². The van der Waals surface area contributed by atoms with E-state index in [1.165, 1.54) is 0 Å². The zero-order valence-electron chi connectivity index (χ0n) is 7.29. The predicted octanol–water partition coefficient (Wildman–Crippen LogP) is 1.48. The van der Waals surface area contributed by atoms with Gasteiger partial charge in [0.25, 0.3) is 0 Å². The number of aliphatic hydroxyl groups excluding tert-OH is 1. The monoisotopic (exact) mass is 178 g/mol. The van der Waals surface area contributed by atoms with Crippen LogP contribution in [-0.2, 0) is 4.74 Å². The summed E-state index contributed by atoms with van der Waals surface area (Å²) in [6, 6.07) is 0. The summed E-state index contributed by atoms with van der Waals surface area (Å²) in [6.07, 6.45) is 2.00. The summed E-state index contributed by atoms with van der Waals surface area (Å²) in [6.45, 7) is 4.18. The van der Waals surface area contributed by atoms with Crippen LogP contribution in [0.2, 0.25) is 0 Å². The first kappa shape index (κ1) is 11.3. The quantitative estimate of drug-likeness (QED) is 0.603. The SMILES string of the molecule is CCC(CO)OC(CC)CS. The van der Waals surface area contributed by atoms with Crippen molar-refractivity contribution in [2.75, 3.05) is 12.4 Å². The van der Waals surface area contributed by atoms with Gasteiger partial charge in [-0.25, -0.2) is 0 Å². The zero-order chi connectivity index (χ0) is 8.69. The summed E-state index contributed by atoms with van der Waals surface area (Å²) >= 11 is 4.14. The van der Waals surface area contributed by atoms with E-state index in [0.717, 1.165) is 18.6 Å². The maximum absolute atomic E-state index is 8.82. The van der Waals surface area contributed by atoms with Gasteiger partial charge in [-0.1, -0.05) is 13.8 Å². The number of hydrogen-bond donors (Lipinski definition) is 2. The maximum atomic E-state index is 8.82. The van der Waals surface area contributed by atoms with Crippen LogP contribution in [-0.4, -0.2) is 29.7 Å². The van der Waals surface area contributed by atoms with Crippen LogP contribution in [0.5, 0.6) is 0 Å². The van der Waals surface area contributed by atoms with Crippen molar-refractivity contribution in [3.63, 3.8) is 0 Å². The molecule has 2 unspecified atom stereocenters. The highest BCUT2D eigenvalue weighted by atomic mass is 32.1. The molecule has 0 aliphatic heterocycles. The Kier molecular flexibility index (Phi) is 7.12. The van der Waals surface area contributed by atoms with Crippen LogP contribution >= 0.6 is 12.6 Å². The Morgan fingerprint density at radius 3 is 2.09 bits per heavy atom. The van der Waals surface area contributed by atoms with Crippen molar-refractivity contribution < 1.29 is 9.84 Å². The summed E-state index contributed by atoms with van der Waals surface area (Å²) in [5, 5.41) is 8.82. The van der Waals surface area contributed by atoms with Gasteiger partial charge in [0.05, 0.1) is 18.8 Å². The van der Waals surface area contributed by atoms with Gasteiger partial charge in [-0.15, -0.1) is 0 Å². The molecule has 1 N–H and O–H groups in total. The molecule has 0 bridgehead atoms. The zero-order valence-corrected chi connectivity index (χ0v) is 8.18. The molecule has 2 atom stereocenters. The highest BCUT2D eigenvalue weighted by Gasteiger charge is 2.10. The molecule has 0 rings (SSSR count). The molecule has 0 heterocycles. The molecule has 0 amide bonds. The second-order valence-electron chi connectivity index (χ2n) is 2.56. The van der Waals surface area contributed by atoms with Crippen molar-refractivity contribution >= 4 is 12.6 Å². The van der Waals surface area contributed by atoms with E-state index in [-0.39, 0.29) is 18.8 Å². The third kappa shape index (κ3) is 4.67.